The number of aromatic nitrogens is 2. The van der Waals surface area contributed by atoms with E-state index in [1.54, 1.807) is 24.3 Å². The van der Waals surface area contributed by atoms with Crippen molar-refractivity contribution in [3.8, 4) is 11.5 Å². The highest BCUT2D eigenvalue weighted by atomic mass is 35.5. The highest BCUT2D eigenvalue weighted by molar-refractivity contribution is 6.30. The van der Waals surface area contributed by atoms with Gasteiger partial charge in [-0.2, -0.15) is 0 Å². The molecule has 0 spiro atoms. The number of aryl methyl sites for hydroxylation is 2. The Balaban J connectivity index is 1.39. The van der Waals surface area contributed by atoms with Crippen molar-refractivity contribution < 1.29 is 14.3 Å². The molecule has 0 saturated carbocycles. The number of benzene rings is 3. The van der Waals surface area contributed by atoms with E-state index in [1.165, 1.54) is 5.56 Å². The molecular weight excluding hydrogens is 450 g/mol. The number of carbonyl (C=O) groups is 1. The van der Waals surface area contributed by atoms with Crippen LogP contribution in [0.15, 0.2) is 72.8 Å². The zero-order valence-corrected chi connectivity index (χ0v) is 20.1. The van der Waals surface area contributed by atoms with Crippen molar-refractivity contribution in [2.75, 3.05) is 13.2 Å². The monoisotopic (exact) mass is 477 g/mol. The molecule has 1 amide bonds. The van der Waals surface area contributed by atoms with Gasteiger partial charge < -0.3 is 19.4 Å². The molecule has 1 heterocycles. The van der Waals surface area contributed by atoms with Crippen LogP contribution in [0.2, 0.25) is 5.02 Å². The number of hydrogen-bond acceptors (Lipinski definition) is 4. The average Bonchev–Trinajstić information content (AvgIpc) is 3.20. The smallest absolute Gasteiger partial charge is 0.258 e. The maximum atomic E-state index is 12.5. The molecule has 1 N–H and O–H groups in total. The highest BCUT2D eigenvalue weighted by Crippen LogP contribution is 2.22. The van der Waals surface area contributed by atoms with E-state index >= 15 is 0 Å². The van der Waals surface area contributed by atoms with Gasteiger partial charge in [-0.25, -0.2) is 4.98 Å². The van der Waals surface area contributed by atoms with E-state index in [1.807, 2.05) is 62.4 Å². The second-order valence-corrected chi connectivity index (χ2v) is 8.60. The summed E-state index contributed by atoms with van der Waals surface area (Å²) in [7, 11) is 0. The Morgan fingerprint density at radius 2 is 1.82 bits per heavy atom. The summed E-state index contributed by atoms with van der Waals surface area (Å²) in [5.41, 5.74) is 3.10. The van der Waals surface area contributed by atoms with Gasteiger partial charge in [-0.15, -0.1) is 0 Å². The first-order valence-electron chi connectivity index (χ1n) is 11.3. The number of ether oxygens (including phenoxy) is 2. The van der Waals surface area contributed by atoms with Gasteiger partial charge in [0.1, 0.15) is 17.3 Å². The summed E-state index contributed by atoms with van der Waals surface area (Å²) in [6.45, 7) is 5.21. The van der Waals surface area contributed by atoms with Crippen molar-refractivity contribution in [2.24, 2.45) is 0 Å². The number of fused-ring (bicyclic) bond motifs is 1. The molecule has 1 atom stereocenters. The van der Waals surface area contributed by atoms with E-state index in [4.69, 9.17) is 26.1 Å². The Bertz CT molecular complexity index is 1250. The van der Waals surface area contributed by atoms with E-state index in [2.05, 4.69) is 9.88 Å². The third-order valence-corrected chi connectivity index (χ3v) is 5.67. The minimum absolute atomic E-state index is 0.0868. The third kappa shape index (κ3) is 6.08. The van der Waals surface area contributed by atoms with E-state index in [9.17, 15) is 4.79 Å². The van der Waals surface area contributed by atoms with Gasteiger partial charge in [0, 0.05) is 11.6 Å². The topological polar surface area (TPSA) is 65.4 Å². The molecule has 7 heteroatoms. The molecule has 1 unspecified atom stereocenters. The molecule has 6 nitrogen and oxygen atoms in total. The molecule has 0 aliphatic carbocycles. The number of nitrogens with zero attached hydrogens (tertiary/aromatic N) is 2. The van der Waals surface area contributed by atoms with Gasteiger partial charge in [0.25, 0.3) is 5.91 Å². The first-order chi connectivity index (χ1) is 16.5. The molecule has 3 aromatic carbocycles. The fourth-order valence-electron chi connectivity index (χ4n) is 3.80. The number of imidazole rings is 1. The van der Waals surface area contributed by atoms with Gasteiger partial charge in [0.2, 0.25) is 0 Å². The van der Waals surface area contributed by atoms with E-state index in [-0.39, 0.29) is 18.6 Å². The molecule has 0 radical (unpaired) electrons. The molecule has 0 bridgehead atoms. The summed E-state index contributed by atoms with van der Waals surface area (Å²) in [6.07, 6.45) is 0.807. The first-order valence-corrected chi connectivity index (χ1v) is 11.7. The number of amides is 1. The van der Waals surface area contributed by atoms with Crippen molar-refractivity contribution >= 4 is 28.5 Å². The zero-order valence-electron chi connectivity index (χ0n) is 19.3. The van der Waals surface area contributed by atoms with E-state index in [0.717, 1.165) is 35.6 Å². The molecule has 0 aliphatic rings. The van der Waals surface area contributed by atoms with Gasteiger partial charge in [0.15, 0.2) is 6.61 Å². The lowest BCUT2D eigenvalue weighted by molar-refractivity contribution is -0.123. The minimum Gasteiger partial charge on any atom is -0.494 e. The lowest BCUT2D eigenvalue weighted by Crippen LogP contribution is -2.32. The van der Waals surface area contributed by atoms with Crippen molar-refractivity contribution in [3.63, 3.8) is 0 Å². The van der Waals surface area contributed by atoms with Crippen LogP contribution >= 0.6 is 11.6 Å². The predicted molar refractivity (Wildman–Crippen MR) is 135 cm³/mol. The van der Waals surface area contributed by atoms with Crippen LogP contribution in [0.3, 0.4) is 0 Å². The molecule has 4 aromatic rings. The summed E-state index contributed by atoms with van der Waals surface area (Å²) < 4.78 is 13.6. The SMILES string of the molecule is Cc1cccc(OCCCn2c(C(C)NC(=O)COc3ccc(Cl)cc3)nc3ccccc32)c1. The summed E-state index contributed by atoms with van der Waals surface area (Å²) in [5.74, 6) is 2.05. The van der Waals surface area contributed by atoms with E-state index in [0.29, 0.717) is 17.4 Å². The quantitative estimate of drug-likeness (QED) is 0.296. The molecule has 0 aliphatic heterocycles. The van der Waals surface area contributed by atoms with Gasteiger partial charge in [-0.05, 0) is 74.4 Å². The van der Waals surface area contributed by atoms with Crippen LogP contribution in [0.5, 0.6) is 11.5 Å². The molecule has 176 valence electrons. The summed E-state index contributed by atoms with van der Waals surface area (Å²) in [6, 6.07) is 22.7. The lowest BCUT2D eigenvalue weighted by atomic mass is 10.2. The Labute approximate surface area is 204 Å². The molecule has 1 aromatic heterocycles. The van der Waals surface area contributed by atoms with Gasteiger partial charge >= 0.3 is 0 Å². The maximum Gasteiger partial charge on any atom is 0.258 e. The van der Waals surface area contributed by atoms with Gasteiger partial charge in [-0.3, -0.25) is 4.79 Å². The fraction of sp³-hybridized carbons (Fsp3) is 0.259. The number of carbonyl (C=O) groups excluding carboxylic acids is 1. The normalized spacial score (nSPS) is 11.9. The van der Waals surface area contributed by atoms with Crippen LogP contribution in [0.25, 0.3) is 11.0 Å². The number of halogens is 1. The van der Waals surface area contributed by atoms with Crippen molar-refractivity contribution in [1.82, 2.24) is 14.9 Å². The largest absolute Gasteiger partial charge is 0.494 e. The molecule has 0 saturated heterocycles. The number of rotatable bonds is 10. The lowest BCUT2D eigenvalue weighted by Gasteiger charge is -2.17. The molecule has 4 rings (SSSR count). The number of para-hydroxylation sites is 2. The minimum atomic E-state index is -0.286. The average molecular weight is 478 g/mol. The molecule has 34 heavy (non-hydrogen) atoms. The Kier molecular flexibility index (Phi) is 7.70. The van der Waals surface area contributed by atoms with Crippen LogP contribution in [-0.2, 0) is 11.3 Å². The van der Waals surface area contributed by atoms with Gasteiger partial charge in [-0.1, -0.05) is 35.9 Å². The van der Waals surface area contributed by atoms with Crippen molar-refractivity contribution in [2.45, 2.75) is 32.9 Å². The second-order valence-electron chi connectivity index (χ2n) is 8.16. The van der Waals surface area contributed by atoms with Crippen LogP contribution < -0.4 is 14.8 Å². The van der Waals surface area contributed by atoms with Crippen LogP contribution in [0, 0.1) is 6.92 Å². The number of nitrogens with one attached hydrogen (secondary N) is 1. The zero-order chi connectivity index (χ0) is 23.9. The summed E-state index contributed by atoms with van der Waals surface area (Å²) in [5, 5.41) is 3.62. The molecular formula is C27H28ClN3O3. The summed E-state index contributed by atoms with van der Waals surface area (Å²) >= 11 is 5.89. The number of hydrogen-bond donors (Lipinski definition) is 1. The van der Waals surface area contributed by atoms with E-state index < -0.39 is 0 Å². The Morgan fingerprint density at radius 3 is 2.62 bits per heavy atom. The standard InChI is InChI=1S/C27H28ClN3O3/c1-19-7-5-8-23(17-19)33-16-6-15-31-25-10-4-3-9-24(25)30-27(31)20(2)29-26(32)18-34-22-13-11-21(28)12-14-22/h3-5,7-14,17,20H,6,15-16,18H2,1-2H3,(H,29,32). The van der Waals surface area contributed by atoms with Gasteiger partial charge in [0.05, 0.1) is 23.7 Å². The first kappa shape index (κ1) is 23.6. The summed E-state index contributed by atoms with van der Waals surface area (Å²) in [4.78, 5) is 17.3. The third-order valence-electron chi connectivity index (χ3n) is 5.42. The van der Waals surface area contributed by atoms with Crippen LogP contribution in [0.1, 0.15) is 30.8 Å². The molecule has 0 fully saturated rings. The van der Waals surface area contributed by atoms with Crippen LogP contribution in [-0.4, -0.2) is 28.7 Å². The Hall–Kier alpha value is -3.51. The van der Waals surface area contributed by atoms with Crippen molar-refractivity contribution in [3.05, 3.63) is 89.2 Å². The highest BCUT2D eigenvalue weighted by Gasteiger charge is 2.18. The van der Waals surface area contributed by atoms with Crippen molar-refractivity contribution in [1.29, 1.82) is 0 Å². The predicted octanol–water partition coefficient (Wildman–Crippen LogP) is 5.72. The maximum absolute atomic E-state index is 12.5. The van der Waals surface area contributed by atoms with Crippen LogP contribution in [0.4, 0.5) is 0 Å². The second kappa shape index (κ2) is 11.1. The fourth-order valence-corrected chi connectivity index (χ4v) is 3.93. The Morgan fingerprint density at radius 1 is 1.03 bits per heavy atom.